The number of aromatic nitrogens is 5. The van der Waals surface area contributed by atoms with Gasteiger partial charge in [0, 0.05) is 12.6 Å². The highest BCUT2D eigenvalue weighted by Crippen LogP contribution is 2.27. The second-order valence-electron chi connectivity index (χ2n) is 3.51. The van der Waals surface area contributed by atoms with E-state index in [1.54, 1.807) is 16.8 Å². The zero-order valence-electron chi connectivity index (χ0n) is 9.16. The lowest BCUT2D eigenvalue weighted by molar-refractivity contribution is 0.837. The van der Waals surface area contributed by atoms with Crippen LogP contribution in [0.4, 0.5) is 5.69 Å². The molecule has 0 aliphatic carbocycles. The van der Waals surface area contributed by atoms with E-state index in [4.69, 9.17) is 5.73 Å². The molecule has 0 aromatic carbocycles. The predicted molar refractivity (Wildman–Crippen MR) is 65.7 cm³/mol. The van der Waals surface area contributed by atoms with Crippen molar-refractivity contribution in [2.75, 3.05) is 5.73 Å². The summed E-state index contributed by atoms with van der Waals surface area (Å²) >= 11 is 1.44. The lowest BCUT2D eigenvalue weighted by Gasteiger charge is -1.98. The lowest BCUT2D eigenvalue weighted by atomic mass is 10.3. The smallest absolute Gasteiger partial charge is 0.235 e. The monoisotopic (exact) mass is 246 g/mol. The Bertz CT molecular complexity index is 670. The van der Waals surface area contributed by atoms with Gasteiger partial charge in [-0.1, -0.05) is 18.3 Å². The standard InChI is InChI=1S/C10H10N6S/c1-2-7-13-14-10-16(7)15-9(17-10)8-6(11)4-3-5-12-8/h3-5H,2,11H2,1H3. The zero-order chi connectivity index (χ0) is 11.8. The van der Waals surface area contributed by atoms with Gasteiger partial charge >= 0.3 is 0 Å². The van der Waals surface area contributed by atoms with Crippen LogP contribution in [0.15, 0.2) is 18.3 Å². The number of anilines is 1. The first-order valence-corrected chi connectivity index (χ1v) is 6.03. The number of nitrogens with two attached hydrogens (primary N) is 1. The third-order valence-corrected chi connectivity index (χ3v) is 3.32. The SMILES string of the molecule is CCc1nnc2sc(-c3ncccc3N)nn12. The van der Waals surface area contributed by atoms with Gasteiger partial charge in [0.05, 0.1) is 5.69 Å². The van der Waals surface area contributed by atoms with Gasteiger partial charge in [-0.15, -0.1) is 10.2 Å². The Morgan fingerprint density at radius 2 is 2.29 bits per heavy atom. The number of pyridine rings is 1. The maximum Gasteiger partial charge on any atom is 0.235 e. The molecular formula is C10H10N6S. The molecule has 0 spiro atoms. The highest BCUT2D eigenvalue weighted by molar-refractivity contribution is 7.19. The average Bonchev–Trinajstić information content (AvgIpc) is 2.88. The van der Waals surface area contributed by atoms with Crippen LogP contribution in [0.25, 0.3) is 15.7 Å². The van der Waals surface area contributed by atoms with Gasteiger partial charge in [-0.25, -0.2) is 0 Å². The minimum atomic E-state index is 0.621. The van der Waals surface area contributed by atoms with Crippen molar-refractivity contribution in [3.8, 4) is 10.7 Å². The van der Waals surface area contributed by atoms with Gasteiger partial charge in [0.2, 0.25) is 4.96 Å². The molecule has 3 rings (SSSR count). The zero-order valence-corrected chi connectivity index (χ0v) is 9.98. The Hall–Kier alpha value is -2.02. The van der Waals surface area contributed by atoms with Crippen LogP contribution in [-0.4, -0.2) is 24.8 Å². The van der Waals surface area contributed by atoms with Crippen LogP contribution in [0, 0.1) is 0 Å². The minimum absolute atomic E-state index is 0.621. The maximum atomic E-state index is 5.87. The molecule has 0 amide bonds. The number of nitrogen functional groups attached to an aromatic ring is 1. The number of fused-ring (bicyclic) bond motifs is 1. The Kier molecular flexibility index (Phi) is 2.25. The molecule has 17 heavy (non-hydrogen) atoms. The molecule has 2 N–H and O–H groups in total. The molecule has 0 fully saturated rings. The first-order chi connectivity index (χ1) is 8.29. The van der Waals surface area contributed by atoms with Gasteiger partial charge in [-0.2, -0.15) is 9.61 Å². The normalized spacial score (nSPS) is 11.1. The van der Waals surface area contributed by atoms with E-state index in [2.05, 4.69) is 20.3 Å². The molecule has 0 unspecified atom stereocenters. The fraction of sp³-hybridized carbons (Fsp3) is 0.200. The van der Waals surface area contributed by atoms with Gasteiger partial charge in [-0.05, 0) is 12.1 Å². The maximum absolute atomic E-state index is 5.87. The van der Waals surface area contributed by atoms with Crippen molar-refractivity contribution < 1.29 is 0 Å². The van der Waals surface area contributed by atoms with Crippen molar-refractivity contribution in [3.05, 3.63) is 24.2 Å². The molecule has 0 saturated heterocycles. The molecule has 0 atom stereocenters. The Balaban J connectivity index is 2.19. The van der Waals surface area contributed by atoms with Crippen LogP contribution in [0.3, 0.4) is 0 Å². The Morgan fingerprint density at radius 1 is 1.41 bits per heavy atom. The summed E-state index contributed by atoms with van der Waals surface area (Å²) < 4.78 is 1.74. The number of rotatable bonds is 2. The van der Waals surface area contributed by atoms with E-state index in [0.29, 0.717) is 11.4 Å². The summed E-state index contributed by atoms with van der Waals surface area (Å²) in [4.78, 5) is 5.01. The fourth-order valence-electron chi connectivity index (χ4n) is 1.57. The van der Waals surface area contributed by atoms with Crippen molar-refractivity contribution in [3.63, 3.8) is 0 Å². The summed E-state index contributed by atoms with van der Waals surface area (Å²) in [5.41, 5.74) is 7.19. The molecule has 6 nitrogen and oxygen atoms in total. The molecule has 7 heteroatoms. The summed E-state index contributed by atoms with van der Waals surface area (Å²) in [6.45, 7) is 2.02. The van der Waals surface area contributed by atoms with Crippen molar-refractivity contribution in [1.82, 2.24) is 24.8 Å². The molecule has 86 valence electrons. The van der Waals surface area contributed by atoms with Crippen LogP contribution < -0.4 is 5.73 Å². The van der Waals surface area contributed by atoms with E-state index < -0.39 is 0 Å². The van der Waals surface area contributed by atoms with Gasteiger partial charge in [0.15, 0.2) is 10.8 Å². The second kappa shape index (κ2) is 3.77. The van der Waals surface area contributed by atoms with Crippen molar-refractivity contribution in [2.45, 2.75) is 13.3 Å². The third kappa shape index (κ3) is 1.55. The first-order valence-electron chi connectivity index (χ1n) is 5.21. The van der Waals surface area contributed by atoms with E-state index in [1.165, 1.54) is 11.3 Å². The molecule has 0 saturated carbocycles. The van der Waals surface area contributed by atoms with E-state index in [1.807, 2.05) is 13.0 Å². The molecule has 3 aromatic heterocycles. The van der Waals surface area contributed by atoms with E-state index in [0.717, 1.165) is 22.2 Å². The van der Waals surface area contributed by atoms with Crippen LogP contribution in [0.5, 0.6) is 0 Å². The van der Waals surface area contributed by atoms with Crippen LogP contribution >= 0.6 is 11.3 Å². The van der Waals surface area contributed by atoms with Gasteiger partial charge in [-0.3, -0.25) is 4.98 Å². The summed E-state index contributed by atoms with van der Waals surface area (Å²) in [5, 5.41) is 13.3. The summed E-state index contributed by atoms with van der Waals surface area (Å²) in [7, 11) is 0. The van der Waals surface area contributed by atoms with Crippen LogP contribution in [-0.2, 0) is 6.42 Å². The molecular weight excluding hydrogens is 236 g/mol. The highest BCUT2D eigenvalue weighted by Gasteiger charge is 2.14. The molecule has 0 aliphatic rings. The second-order valence-corrected chi connectivity index (χ2v) is 4.47. The largest absolute Gasteiger partial charge is 0.397 e. The molecule has 3 aromatic rings. The van der Waals surface area contributed by atoms with E-state index in [-0.39, 0.29) is 0 Å². The Labute approximate surface area is 101 Å². The van der Waals surface area contributed by atoms with E-state index in [9.17, 15) is 0 Å². The summed E-state index contributed by atoms with van der Waals surface area (Å²) in [5.74, 6) is 0.844. The van der Waals surface area contributed by atoms with Crippen molar-refractivity contribution >= 4 is 22.0 Å². The Morgan fingerprint density at radius 3 is 3.06 bits per heavy atom. The van der Waals surface area contributed by atoms with Crippen LogP contribution in [0.2, 0.25) is 0 Å². The molecule has 0 radical (unpaired) electrons. The topological polar surface area (TPSA) is 82.0 Å². The molecule has 0 aliphatic heterocycles. The first kappa shape index (κ1) is 10.2. The molecule has 3 heterocycles. The molecule has 0 bridgehead atoms. The summed E-state index contributed by atoms with van der Waals surface area (Å²) in [6.07, 6.45) is 2.50. The van der Waals surface area contributed by atoms with Crippen LogP contribution in [0.1, 0.15) is 12.7 Å². The number of aryl methyl sites for hydroxylation is 1. The number of nitrogens with zero attached hydrogens (tertiary/aromatic N) is 5. The summed E-state index contributed by atoms with van der Waals surface area (Å²) in [6, 6.07) is 3.61. The number of hydrogen-bond donors (Lipinski definition) is 1. The lowest BCUT2D eigenvalue weighted by Crippen LogP contribution is -1.96. The highest BCUT2D eigenvalue weighted by atomic mass is 32.1. The minimum Gasteiger partial charge on any atom is -0.397 e. The third-order valence-electron chi connectivity index (χ3n) is 2.41. The van der Waals surface area contributed by atoms with Gasteiger partial charge in [0.25, 0.3) is 0 Å². The van der Waals surface area contributed by atoms with E-state index >= 15 is 0 Å². The average molecular weight is 246 g/mol. The quantitative estimate of drug-likeness (QED) is 0.739. The van der Waals surface area contributed by atoms with Gasteiger partial charge in [0.1, 0.15) is 5.69 Å². The predicted octanol–water partition coefficient (Wildman–Crippen LogP) is 1.39. The number of hydrogen-bond acceptors (Lipinski definition) is 6. The van der Waals surface area contributed by atoms with Crippen molar-refractivity contribution in [2.24, 2.45) is 0 Å². The van der Waals surface area contributed by atoms with Gasteiger partial charge < -0.3 is 5.73 Å². The van der Waals surface area contributed by atoms with Crippen molar-refractivity contribution in [1.29, 1.82) is 0 Å². The fourth-order valence-corrected chi connectivity index (χ4v) is 2.45.